The lowest BCUT2D eigenvalue weighted by Gasteiger charge is -2.46. The molecule has 1 fully saturated rings. The Bertz CT molecular complexity index is 2510. The molecule has 2 N–H and O–H groups in total. The third-order valence-corrected chi connectivity index (χ3v) is 10.6. The predicted octanol–water partition coefficient (Wildman–Crippen LogP) is -0.478. The summed E-state index contributed by atoms with van der Waals surface area (Å²) in [6, 6.07) is 6.59. The van der Waals surface area contributed by atoms with E-state index in [0.717, 1.165) is 11.3 Å². The molecule has 3 aromatic rings. The van der Waals surface area contributed by atoms with E-state index in [1.807, 2.05) is 0 Å². The van der Waals surface area contributed by atoms with Crippen molar-refractivity contribution in [2.24, 2.45) is 17.0 Å². The Morgan fingerprint density at radius 1 is 0.938 bits per heavy atom. The lowest BCUT2D eigenvalue weighted by molar-refractivity contribution is -0.727. The van der Waals surface area contributed by atoms with Crippen LogP contribution in [-0.2, 0) is 67.2 Å². The lowest BCUT2D eigenvalue weighted by atomic mass is 9.66. The van der Waals surface area contributed by atoms with Crippen molar-refractivity contribution in [2.75, 3.05) is 58.8 Å². The second kappa shape index (κ2) is 23.1. The molecule has 1 saturated carbocycles. The van der Waals surface area contributed by atoms with Crippen molar-refractivity contribution in [1.82, 2.24) is 14.8 Å². The lowest BCUT2D eigenvalue weighted by Crippen LogP contribution is -2.55. The molecule has 22 nitrogen and oxygen atoms in total. The summed E-state index contributed by atoms with van der Waals surface area (Å²) in [7, 11) is -1.32. The van der Waals surface area contributed by atoms with Gasteiger partial charge in [-0.15, -0.1) is 11.3 Å². The third-order valence-electron chi connectivity index (χ3n) is 8.47. The summed E-state index contributed by atoms with van der Waals surface area (Å²) in [4.78, 5) is 90.0. The summed E-state index contributed by atoms with van der Waals surface area (Å²) in [6.07, 6.45) is 8.83. The largest absolute Gasteiger partial charge is 0.748 e. The Morgan fingerprint density at radius 2 is 1.45 bits per heavy atom. The van der Waals surface area contributed by atoms with Crippen LogP contribution in [0.3, 0.4) is 0 Å². The van der Waals surface area contributed by atoms with Gasteiger partial charge < -0.3 is 39.0 Å². The average molecular weight is 968 g/mol. The van der Waals surface area contributed by atoms with Crippen molar-refractivity contribution in [3.8, 4) is 0 Å². The number of amides is 2. The number of oxime groups is 1. The molecule has 0 aromatic carbocycles. The number of pyridine rings is 2. The number of aromatic nitrogens is 3. The van der Waals surface area contributed by atoms with Gasteiger partial charge in [0.25, 0.3) is 25.3 Å². The molecular formula is C38H45N7O15S4. The van der Waals surface area contributed by atoms with E-state index < -0.39 is 61.7 Å². The van der Waals surface area contributed by atoms with Gasteiger partial charge in [0.2, 0.25) is 6.61 Å². The fraction of sp³-hybridized carbons (Fsp3) is 0.368. The number of rotatable bonds is 15. The van der Waals surface area contributed by atoms with Crippen molar-refractivity contribution in [1.29, 1.82) is 0 Å². The molecule has 0 radical (unpaired) electrons. The summed E-state index contributed by atoms with van der Waals surface area (Å²) in [5.74, 6) is -3.99. The summed E-state index contributed by atoms with van der Waals surface area (Å²) < 4.78 is 68.3. The Hall–Kier alpha value is -5.93. The average Bonchev–Trinajstić information content (AvgIpc) is 3.65. The molecule has 2 amide bonds. The number of fused-ring (bicyclic) bond motifs is 1. The number of hydrogen-bond acceptors (Lipinski definition) is 20. The standard InChI is InChI=1S/C36H39N7O9S2.2CH4O3S/c1-6-21-17-53-32-24(31(46)29(32)28(21)35(49)51-20-43-12-8-10-23(15-43)34(48)41(4)5)13-26(44)30(25-18-54-36(37)38-25)39-52-16-27(45)50-19-42-11-7-9-22(14-42)33(47)40(2)3;2*1-5(2,3)4/h6-12,14-15,18,24,29,32H,1,13,16-17,19-20H2,2-5H3,(H2,37,38);2*1H3,(H,2,3,4)/q+2;;/p-2/b39-30+;;/t24-,29?,32-;;/m1../s1. The summed E-state index contributed by atoms with van der Waals surface area (Å²) in [5.41, 5.74) is 7.27. The summed E-state index contributed by atoms with van der Waals surface area (Å²) >= 11 is 2.51. The van der Waals surface area contributed by atoms with E-state index in [2.05, 4.69) is 16.7 Å². The van der Waals surface area contributed by atoms with Gasteiger partial charge in [0.15, 0.2) is 41.4 Å². The van der Waals surface area contributed by atoms with Crippen LogP contribution < -0.4 is 14.9 Å². The first-order chi connectivity index (χ1) is 29.8. The molecule has 64 heavy (non-hydrogen) atoms. The van der Waals surface area contributed by atoms with Gasteiger partial charge in [-0.05, 0) is 17.7 Å². The minimum atomic E-state index is -3.92. The highest BCUT2D eigenvalue weighted by Gasteiger charge is 2.56. The molecule has 4 heterocycles. The van der Waals surface area contributed by atoms with Gasteiger partial charge in [-0.2, -0.15) is 20.9 Å². The minimum absolute atomic E-state index is 0.111. The quantitative estimate of drug-likeness (QED) is 0.0661. The van der Waals surface area contributed by atoms with Gasteiger partial charge in [-0.25, -0.2) is 31.4 Å². The molecule has 346 valence electrons. The number of carbonyl (C=O) groups is 6. The van der Waals surface area contributed by atoms with Gasteiger partial charge in [-0.1, -0.05) is 17.8 Å². The van der Waals surface area contributed by atoms with Crippen LogP contribution in [0.5, 0.6) is 0 Å². The third kappa shape index (κ3) is 16.3. The maximum absolute atomic E-state index is 13.7. The van der Waals surface area contributed by atoms with Crippen LogP contribution in [-0.4, -0.2) is 140 Å². The molecule has 3 atom stereocenters. The first-order valence-corrected chi connectivity index (χ1v) is 23.9. The van der Waals surface area contributed by atoms with Gasteiger partial charge in [0.05, 0.1) is 31.7 Å². The van der Waals surface area contributed by atoms with Crippen molar-refractivity contribution in [3.05, 3.63) is 95.1 Å². The molecule has 1 aliphatic carbocycles. The van der Waals surface area contributed by atoms with E-state index in [1.165, 1.54) is 43.8 Å². The van der Waals surface area contributed by atoms with E-state index >= 15 is 0 Å². The number of allylic oxidation sites excluding steroid dienone is 1. The number of thioether (sulfide) groups is 1. The highest BCUT2D eigenvalue weighted by molar-refractivity contribution is 8.00. The number of thiazole rings is 1. The topological polar surface area (TPSA) is 310 Å². The van der Waals surface area contributed by atoms with Crippen LogP contribution in [0.2, 0.25) is 0 Å². The number of nitrogens with zero attached hydrogens (tertiary/aromatic N) is 6. The molecule has 26 heteroatoms. The zero-order valence-corrected chi connectivity index (χ0v) is 38.5. The number of Topliss-reactive ketones (excluding diaryl/α,β-unsaturated/α-hetero) is 2. The number of esters is 2. The fourth-order valence-corrected chi connectivity index (χ4v) is 7.87. The first kappa shape index (κ1) is 52.4. The van der Waals surface area contributed by atoms with Crippen molar-refractivity contribution < 1.29 is 78.2 Å². The van der Waals surface area contributed by atoms with Crippen molar-refractivity contribution in [2.45, 2.75) is 25.1 Å². The maximum Gasteiger partial charge on any atom is 0.351 e. The highest BCUT2D eigenvalue weighted by atomic mass is 32.2. The van der Waals surface area contributed by atoms with Crippen LogP contribution in [0.1, 0.15) is 32.8 Å². The van der Waals surface area contributed by atoms with E-state index in [0.29, 0.717) is 35.0 Å². The van der Waals surface area contributed by atoms with Crippen molar-refractivity contribution >= 4 is 89.5 Å². The number of ketones is 2. The second-order valence-corrected chi connectivity index (χ2v) is 18.9. The Balaban J connectivity index is 0.000000979. The van der Waals surface area contributed by atoms with E-state index in [4.69, 9.17) is 46.0 Å². The van der Waals surface area contributed by atoms with Gasteiger partial charge in [0, 0.05) is 81.6 Å². The molecule has 5 rings (SSSR count). The summed E-state index contributed by atoms with van der Waals surface area (Å²) in [6.45, 7) is 2.76. The SMILES string of the molecule is C=CC1=C(C(=O)OC[n+]2cccc(C(=O)N(C)C)c2)C2C(=O)[C@@H](CC(=O)/C(=N/OCC(=O)OC[n+]3cccc(C(=O)N(C)C)c3)c3csc(N)n3)[C@H]2SC1.CS(=O)(=O)[O-].CS(=O)(=O)[O-]. The van der Waals surface area contributed by atoms with Gasteiger partial charge in [0.1, 0.15) is 22.6 Å². The van der Waals surface area contributed by atoms with Crippen LogP contribution >= 0.6 is 23.1 Å². The molecule has 0 bridgehead atoms. The first-order valence-electron chi connectivity index (χ1n) is 18.3. The number of nitrogens with two attached hydrogens (primary N) is 1. The second-order valence-electron chi connectivity index (χ2n) is 14.0. The van der Waals surface area contributed by atoms with E-state index in [9.17, 15) is 28.8 Å². The molecule has 1 unspecified atom stereocenters. The number of ether oxygens (including phenoxy) is 2. The molecule has 1 aliphatic heterocycles. The number of anilines is 1. The molecule has 0 saturated heterocycles. The summed E-state index contributed by atoms with van der Waals surface area (Å²) in [5, 5.41) is 5.17. The zero-order valence-electron chi connectivity index (χ0n) is 35.3. The van der Waals surface area contributed by atoms with E-state index in [-0.39, 0.29) is 59.6 Å². The zero-order chi connectivity index (χ0) is 48.1. The number of hydrogen-bond donors (Lipinski definition) is 1. The molecule has 3 aromatic heterocycles. The smallest absolute Gasteiger partial charge is 0.351 e. The van der Waals surface area contributed by atoms with Crippen LogP contribution in [0.15, 0.2) is 83.4 Å². The van der Waals surface area contributed by atoms with Crippen LogP contribution in [0, 0.1) is 11.8 Å². The van der Waals surface area contributed by atoms with E-state index in [1.54, 1.807) is 75.6 Å². The Morgan fingerprint density at radius 3 is 1.92 bits per heavy atom. The van der Waals surface area contributed by atoms with Crippen molar-refractivity contribution in [3.63, 3.8) is 0 Å². The van der Waals surface area contributed by atoms with Crippen LogP contribution in [0.4, 0.5) is 5.13 Å². The van der Waals surface area contributed by atoms with Crippen LogP contribution in [0.25, 0.3) is 0 Å². The molecule has 0 spiro atoms. The Labute approximate surface area is 376 Å². The normalized spacial score (nSPS) is 16.8. The van der Waals surface area contributed by atoms with Gasteiger partial charge in [-0.3, -0.25) is 19.2 Å². The van der Waals surface area contributed by atoms with Gasteiger partial charge >= 0.3 is 11.9 Å². The Kier molecular flexibility index (Phi) is 18.9. The fourth-order valence-electron chi connectivity index (χ4n) is 5.75. The number of nitrogen functional groups attached to an aromatic ring is 1. The minimum Gasteiger partial charge on any atom is -0.748 e. The molecular weight excluding hydrogens is 923 g/mol. The highest BCUT2D eigenvalue weighted by Crippen LogP contribution is 2.50. The maximum atomic E-state index is 13.7. The predicted molar refractivity (Wildman–Crippen MR) is 227 cm³/mol. The molecule has 2 aliphatic rings. The number of carbonyl (C=O) groups excluding carboxylic acids is 6. The monoisotopic (exact) mass is 967 g/mol.